The van der Waals surface area contributed by atoms with Crippen LogP contribution in [0.1, 0.15) is 77.3 Å². The average Bonchev–Trinajstić information content (AvgIpc) is 2.50. The van der Waals surface area contributed by atoms with Crippen molar-refractivity contribution in [2.45, 2.75) is 66.2 Å². The molecule has 1 aromatic rings. The fraction of sp³-hybridized carbons (Fsp3) is 0.600. The van der Waals surface area contributed by atoms with Crippen molar-refractivity contribution in [1.82, 2.24) is 4.90 Å². The highest BCUT2D eigenvalue weighted by atomic mass is 16.2. The molecule has 0 aliphatic rings. The molecule has 134 valence electrons. The van der Waals surface area contributed by atoms with Gasteiger partial charge in [-0.05, 0) is 29.4 Å². The number of benzene rings is 1. The van der Waals surface area contributed by atoms with Crippen molar-refractivity contribution in [2.24, 2.45) is 0 Å². The molecule has 0 spiro atoms. The number of nitrogens with zero attached hydrogens (tertiary/aromatic N) is 1. The number of hydrogen-bond acceptors (Lipinski definition) is 2. The van der Waals surface area contributed by atoms with Gasteiger partial charge in [0.1, 0.15) is 0 Å². The van der Waals surface area contributed by atoms with Crippen molar-refractivity contribution in [3.05, 3.63) is 29.3 Å². The summed E-state index contributed by atoms with van der Waals surface area (Å²) in [6.45, 7) is 13.3. The van der Waals surface area contributed by atoms with Gasteiger partial charge in [-0.25, -0.2) is 0 Å². The molecule has 1 N–H and O–H groups in total. The van der Waals surface area contributed by atoms with Gasteiger partial charge in [-0.2, -0.15) is 0 Å². The van der Waals surface area contributed by atoms with Crippen LogP contribution in [0.25, 0.3) is 0 Å². The minimum absolute atomic E-state index is 0.0232. The summed E-state index contributed by atoms with van der Waals surface area (Å²) in [5.74, 6) is 0.670. The summed E-state index contributed by atoms with van der Waals surface area (Å²) in [4.78, 5) is 25.8. The first-order chi connectivity index (χ1) is 11.3. The highest BCUT2D eigenvalue weighted by Gasteiger charge is 2.17. The van der Waals surface area contributed by atoms with Gasteiger partial charge in [0.25, 0.3) is 0 Å². The van der Waals surface area contributed by atoms with Crippen LogP contribution < -0.4 is 5.32 Å². The molecule has 0 aromatic heterocycles. The van der Waals surface area contributed by atoms with Crippen LogP contribution in [0.3, 0.4) is 0 Å². The highest BCUT2D eigenvalue weighted by molar-refractivity contribution is 5.93. The van der Waals surface area contributed by atoms with Crippen LogP contribution in [-0.4, -0.2) is 29.8 Å². The van der Waals surface area contributed by atoms with Gasteiger partial charge in [-0.3, -0.25) is 9.59 Å². The molecule has 4 nitrogen and oxygen atoms in total. The summed E-state index contributed by atoms with van der Waals surface area (Å²) >= 11 is 0. The number of carbonyl (C=O) groups excluding carboxylic acids is 2. The molecule has 0 radical (unpaired) electrons. The van der Waals surface area contributed by atoms with E-state index in [1.807, 2.05) is 6.92 Å². The lowest BCUT2D eigenvalue weighted by molar-refractivity contribution is -0.129. The normalized spacial score (nSPS) is 11.0. The lowest BCUT2D eigenvalue weighted by atomic mass is 9.92. The second-order valence-corrected chi connectivity index (χ2v) is 6.93. The number of rotatable bonds is 8. The summed E-state index contributed by atoms with van der Waals surface area (Å²) in [5.41, 5.74) is 3.26. The third kappa shape index (κ3) is 5.66. The molecule has 0 aliphatic heterocycles. The van der Waals surface area contributed by atoms with Crippen LogP contribution in [0.4, 0.5) is 5.69 Å². The predicted octanol–water partition coefficient (Wildman–Crippen LogP) is 4.52. The van der Waals surface area contributed by atoms with Gasteiger partial charge in [0.15, 0.2) is 0 Å². The summed E-state index contributed by atoms with van der Waals surface area (Å²) in [6, 6.07) is 6.20. The molecule has 0 aliphatic carbocycles. The van der Waals surface area contributed by atoms with E-state index in [0.29, 0.717) is 31.3 Å². The summed E-state index contributed by atoms with van der Waals surface area (Å²) < 4.78 is 0. The van der Waals surface area contributed by atoms with Gasteiger partial charge in [-0.1, -0.05) is 52.8 Å². The SMILES string of the molecule is CCCN(CCC(=O)Nc1c(C(C)C)cccc1C(C)C)C(C)=O. The highest BCUT2D eigenvalue weighted by Crippen LogP contribution is 2.32. The zero-order valence-electron chi connectivity index (χ0n) is 16.0. The third-order valence-electron chi connectivity index (χ3n) is 4.18. The van der Waals surface area contributed by atoms with Gasteiger partial charge >= 0.3 is 0 Å². The van der Waals surface area contributed by atoms with Crippen LogP contribution in [0.15, 0.2) is 18.2 Å². The number of hydrogen-bond donors (Lipinski definition) is 1. The number of nitrogens with one attached hydrogen (secondary N) is 1. The Bertz CT molecular complexity index is 539. The number of anilines is 1. The lowest BCUT2D eigenvalue weighted by Crippen LogP contribution is -2.32. The van der Waals surface area contributed by atoms with Gasteiger partial charge in [0.2, 0.25) is 11.8 Å². The maximum Gasteiger partial charge on any atom is 0.226 e. The molecular formula is C20H32N2O2. The van der Waals surface area contributed by atoms with Crippen molar-refractivity contribution in [3.8, 4) is 0 Å². The van der Waals surface area contributed by atoms with E-state index >= 15 is 0 Å². The molecular weight excluding hydrogens is 300 g/mol. The minimum Gasteiger partial charge on any atom is -0.342 e. The van der Waals surface area contributed by atoms with Crippen molar-refractivity contribution >= 4 is 17.5 Å². The smallest absolute Gasteiger partial charge is 0.226 e. The molecule has 24 heavy (non-hydrogen) atoms. The summed E-state index contributed by atoms with van der Waals surface area (Å²) in [5, 5.41) is 3.10. The van der Waals surface area contributed by atoms with Crippen LogP contribution in [-0.2, 0) is 9.59 Å². The number of amides is 2. The topological polar surface area (TPSA) is 49.4 Å². The van der Waals surface area contributed by atoms with E-state index in [-0.39, 0.29) is 11.8 Å². The monoisotopic (exact) mass is 332 g/mol. The second kappa shape index (κ2) is 9.45. The molecule has 0 fully saturated rings. The maximum absolute atomic E-state index is 12.4. The first-order valence-electron chi connectivity index (χ1n) is 8.96. The summed E-state index contributed by atoms with van der Waals surface area (Å²) in [7, 11) is 0. The Morgan fingerprint density at radius 2 is 1.58 bits per heavy atom. The zero-order chi connectivity index (χ0) is 18.3. The quantitative estimate of drug-likeness (QED) is 0.761. The van der Waals surface area contributed by atoms with E-state index in [1.165, 1.54) is 0 Å². The van der Waals surface area contributed by atoms with Crippen LogP contribution in [0, 0.1) is 0 Å². The molecule has 0 saturated heterocycles. The largest absolute Gasteiger partial charge is 0.342 e. The van der Waals surface area contributed by atoms with Crippen LogP contribution in [0.5, 0.6) is 0 Å². The molecule has 0 unspecified atom stereocenters. The molecule has 1 aromatic carbocycles. The molecule has 1 rings (SSSR count). The Morgan fingerprint density at radius 1 is 1.04 bits per heavy atom. The van der Waals surface area contributed by atoms with Crippen molar-refractivity contribution in [2.75, 3.05) is 18.4 Å². The Kier molecular flexibility index (Phi) is 7.96. The predicted molar refractivity (Wildman–Crippen MR) is 100 cm³/mol. The average molecular weight is 332 g/mol. The lowest BCUT2D eigenvalue weighted by Gasteiger charge is -2.22. The van der Waals surface area contributed by atoms with Gasteiger partial charge in [0.05, 0.1) is 0 Å². The maximum atomic E-state index is 12.4. The number of carbonyl (C=O) groups is 2. The molecule has 0 bridgehead atoms. The van der Waals surface area contributed by atoms with E-state index in [9.17, 15) is 9.59 Å². The number of para-hydroxylation sites is 1. The summed E-state index contributed by atoms with van der Waals surface area (Å²) in [6.07, 6.45) is 1.22. The fourth-order valence-electron chi connectivity index (χ4n) is 2.83. The first kappa shape index (κ1) is 20.2. The van der Waals surface area contributed by atoms with Crippen LogP contribution in [0.2, 0.25) is 0 Å². The first-order valence-corrected chi connectivity index (χ1v) is 8.96. The molecule has 0 heterocycles. The van der Waals surface area contributed by atoms with Gasteiger partial charge in [-0.15, -0.1) is 0 Å². The Labute approximate surface area is 146 Å². The molecule has 4 heteroatoms. The van der Waals surface area contributed by atoms with Gasteiger partial charge in [0, 0.05) is 32.1 Å². The third-order valence-corrected chi connectivity index (χ3v) is 4.18. The van der Waals surface area contributed by atoms with Crippen molar-refractivity contribution < 1.29 is 9.59 Å². The minimum atomic E-state index is -0.0349. The Hall–Kier alpha value is -1.84. The van der Waals surface area contributed by atoms with E-state index in [1.54, 1.807) is 11.8 Å². The van der Waals surface area contributed by atoms with Crippen molar-refractivity contribution in [3.63, 3.8) is 0 Å². The molecule has 2 amide bonds. The second-order valence-electron chi connectivity index (χ2n) is 6.93. The fourth-order valence-corrected chi connectivity index (χ4v) is 2.83. The zero-order valence-corrected chi connectivity index (χ0v) is 16.0. The van der Waals surface area contributed by atoms with E-state index in [0.717, 1.165) is 23.2 Å². The van der Waals surface area contributed by atoms with Crippen LogP contribution >= 0.6 is 0 Å². The van der Waals surface area contributed by atoms with E-state index in [4.69, 9.17) is 0 Å². The van der Waals surface area contributed by atoms with E-state index in [2.05, 4.69) is 51.2 Å². The standard InChI is InChI=1S/C20H32N2O2/c1-7-12-22(16(6)23)13-11-19(24)21-20-17(14(2)3)9-8-10-18(20)15(4)5/h8-10,14-15H,7,11-13H2,1-6H3,(H,21,24). The molecule has 0 saturated carbocycles. The Balaban J connectivity index is 2.88. The van der Waals surface area contributed by atoms with Gasteiger partial charge < -0.3 is 10.2 Å². The van der Waals surface area contributed by atoms with Crippen molar-refractivity contribution in [1.29, 1.82) is 0 Å². The Morgan fingerprint density at radius 3 is 2.00 bits per heavy atom. The molecule has 0 atom stereocenters. The van der Waals surface area contributed by atoms with E-state index < -0.39 is 0 Å².